The minimum Gasteiger partial charge on any atom is -0.387 e. The summed E-state index contributed by atoms with van der Waals surface area (Å²) in [5.41, 5.74) is 5.68. The van der Waals surface area contributed by atoms with E-state index in [1.807, 2.05) is 13.8 Å². The number of ether oxygens (including phenoxy) is 1. The standard InChI is InChI=1S/C10H22N2O/c1-5-10(11)12-9(8(3)4)7-13-6-2/h8-9H,5-7H2,1-4H3,(H2,11,12). The zero-order valence-electron chi connectivity index (χ0n) is 9.21. The van der Waals surface area contributed by atoms with E-state index < -0.39 is 0 Å². The molecule has 0 aromatic heterocycles. The topological polar surface area (TPSA) is 47.6 Å². The first-order valence-corrected chi connectivity index (χ1v) is 5.01. The van der Waals surface area contributed by atoms with E-state index in [4.69, 9.17) is 10.5 Å². The molecule has 0 spiro atoms. The molecule has 0 saturated heterocycles. The Morgan fingerprint density at radius 1 is 1.38 bits per heavy atom. The van der Waals surface area contributed by atoms with Crippen LogP contribution >= 0.6 is 0 Å². The van der Waals surface area contributed by atoms with Crippen molar-refractivity contribution in [2.45, 2.75) is 40.2 Å². The molecule has 0 aromatic rings. The van der Waals surface area contributed by atoms with Gasteiger partial charge in [-0.15, -0.1) is 0 Å². The fraction of sp³-hybridized carbons (Fsp3) is 0.900. The van der Waals surface area contributed by atoms with Crippen molar-refractivity contribution in [2.75, 3.05) is 13.2 Å². The highest BCUT2D eigenvalue weighted by Crippen LogP contribution is 2.07. The molecule has 0 heterocycles. The minimum atomic E-state index is 0.208. The van der Waals surface area contributed by atoms with Crippen LogP contribution in [0.2, 0.25) is 0 Å². The number of hydrogen-bond acceptors (Lipinski definition) is 2. The third-order valence-electron chi connectivity index (χ3n) is 1.96. The first-order chi connectivity index (χ1) is 6.11. The predicted octanol–water partition coefficient (Wildman–Crippen LogP) is 1.81. The van der Waals surface area contributed by atoms with Crippen molar-refractivity contribution in [3.63, 3.8) is 0 Å². The summed E-state index contributed by atoms with van der Waals surface area (Å²) < 4.78 is 5.34. The van der Waals surface area contributed by atoms with Crippen LogP contribution in [-0.2, 0) is 4.74 Å². The highest BCUT2D eigenvalue weighted by molar-refractivity contribution is 5.80. The number of aliphatic imine (C=N–C) groups is 1. The maximum atomic E-state index is 5.68. The van der Waals surface area contributed by atoms with Gasteiger partial charge in [0.05, 0.1) is 18.5 Å². The summed E-state index contributed by atoms with van der Waals surface area (Å²) in [5.74, 6) is 1.20. The van der Waals surface area contributed by atoms with E-state index in [-0.39, 0.29) is 6.04 Å². The highest BCUT2D eigenvalue weighted by Gasteiger charge is 2.11. The number of hydrogen-bond donors (Lipinski definition) is 1. The Kier molecular flexibility index (Phi) is 6.59. The fourth-order valence-corrected chi connectivity index (χ4v) is 0.922. The van der Waals surface area contributed by atoms with Crippen LogP contribution in [0.3, 0.4) is 0 Å². The van der Waals surface area contributed by atoms with Crippen LogP contribution in [0, 0.1) is 5.92 Å². The normalized spacial score (nSPS) is 15.0. The van der Waals surface area contributed by atoms with Crippen molar-refractivity contribution in [3.05, 3.63) is 0 Å². The minimum absolute atomic E-state index is 0.208. The summed E-state index contributed by atoms with van der Waals surface area (Å²) in [6.45, 7) is 9.69. The molecular weight excluding hydrogens is 164 g/mol. The van der Waals surface area contributed by atoms with Crippen LogP contribution in [0.25, 0.3) is 0 Å². The number of rotatable bonds is 6. The molecule has 1 atom stereocenters. The van der Waals surface area contributed by atoms with Gasteiger partial charge in [-0.05, 0) is 12.8 Å². The van der Waals surface area contributed by atoms with Gasteiger partial charge in [-0.2, -0.15) is 0 Å². The molecule has 0 aliphatic heterocycles. The van der Waals surface area contributed by atoms with Gasteiger partial charge in [-0.25, -0.2) is 0 Å². The SMILES string of the molecule is CCOCC(N=C(N)CC)C(C)C. The summed E-state index contributed by atoms with van der Waals surface area (Å²) in [6, 6.07) is 0.208. The van der Waals surface area contributed by atoms with Gasteiger partial charge in [0.15, 0.2) is 0 Å². The Balaban J connectivity index is 4.09. The Morgan fingerprint density at radius 3 is 2.38 bits per heavy atom. The van der Waals surface area contributed by atoms with Gasteiger partial charge in [0.1, 0.15) is 0 Å². The van der Waals surface area contributed by atoms with Gasteiger partial charge in [-0.1, -0.05) is 20.8 Å². The smallest absolute Gasteiger partial charge is 0.0938 e. The van der Waals surface area contributed by atoms with Crippen LogP contribution in [0.5, 0.6) is 0 Å². The Labute approximate surface area is 81.4 Å². The third-order valence-corrected chi connectivity index (χ3v) is 1.96. The van der Waals surface area contributed by atoms with Crippen molar-refractivity contribution in [3.8, 4) is 0 Å². The molecule has 2 N–H and O–H groups in total. The lowest BCUT2D eigenvalue weighted by molar-refractivity contribution is 0.122. The lowest BCUT2D eigenvalue weighted by Gasteiger charge is -2.16. The monoisotopic (exact) mass is 186 g/mol. The molecule has 0 saturated carbocycles. The summed E-state index contributed by atoms with van der Waals surface area (Å²) in [4.78, 5) is 4.40. The van der Waals surface area contributed by atoms with Gasteiger partial charge in [0.25, 0.3) is 0 Å². The predicted molar refractivity (Wildman–Crippen MR) is 57.0 cm³/mol. The first kappa shape index (κ1) is 12.4. The van der Waals surface area contributed by atoms with Crippen LogP contribution in [0.1, 0.15) is 34.1 Å². The Morgan fingerprint density at radius 2 is 2.00 bits per heavy atom. The van der Waals surface area contributed by atoms with Crippen molar-refractivity contribution in [2.24, 2.45) is 16.6 Å². The van der Waals surface area contributed by atoms with Gasteiger partial charge < -0.3 is 10.5 Å². The van der Waals surface area contributed by atoms with Gasteiger partial charge >= 0.3 is 0 Å². The average Bonchev–Trinajstić information content (AvgIpc) is 2.11. The van der Waals surface area contributed by atoms with E-state index in [2.05, 4.69) is 18.8 Å². The van der Waals surface area contributed by atoms with Crippen LogP contribution in [0.4, 0.5) is 0 Å². The second-order valence-electron chi connectivity index (χ2n) is 3.44. The zero-order chi connectivity index (χ0) is 10.3. The molecular formula is C10H22N2O. The lowest BCUT2D eigenvalue weighted by Crippen LogP contribution is -2.24. The fourth-order valence-electron chi connectivity index (χ4n) is 0.922. The Bertz CT molecular complexity index is 155. The molecule has 3 heteroatoms. The number of amidine groups is 1. The molecule has 0 aromatic carbocycles. The van der Waals surface area contributed by atoms with Crippen LogP contribution in [-0.4, -0.2) is 25.1 Å². The summed E-state index contributed by atoms with van der Waals surface area (Å²) in [5, 5.41) is 0. The van der Waals surface area contributed by atoms with E-state index >= 15 is 0 Å². The zero-order valence-corrected chi connectivity index (χ0v) is 9.21. The second-order valence-corrected chi connectivity index (χ2v) is 3.44. The van der Waals surface area contributed by atoms with E-state index in [1.165, 1.54) is 0 Å². The van der Waals surface area contributed by atoms with Crippen molar-refractivity contribution in [1.29, 1.82) is 0 Å². The van der Waals surface area contributed by atoms with E-state index in [9.17, 15) is 0 Å². The number of nitrogens with zero attached hydrogens (tertiary/aromatic N) is 1. The Hall–Kier alpha value is -0.570. The van der Waals surface area contributed by atoms with Crippen molar-refractivity contribution in [1.82, 2.24) is 0 Å². The van der Waals surface area contributed by atoms with Crippen LogP contribution < -0.4 is 5.73 Å². The summed E-state index contributed by atoms with van der Waals surface area (Å²) in [6.07, 6.45) is 0.815. The maximum Gasteiger partial charge on any atom is 0.0938 e. The molecule has 78 valence electrons. The molecule has 1 unspecified atom stereocenters. The van der Waals surface area contributed by atoms with E-state index in [0.29, 0.717) is 12.5 Å². The molecule has 0 bridgehead atoms. The van der Waals surface area contributed by atoms with Gasteiger partial charge in [-0.3, -0.25) is 4.99 Å². The second kappa shape index (κ2) is 6.89. The molecule has 0 fully saturated rings. The largest absolute Gasteiger partial charge is 0.387 e. The summed E-state index contributed by atoms with van der Waals surface area (Å²) >= 11 is 0. The highest BCUT2D eigenvalue weighted by atomic mass is 16.5. The first-order valence-electron chi connectivity index (χ1n) is 5.01. The molecule has 0 amide bonds. The quantitative estimate of drug-likeness (QED) is 0.508. The van der Waals surface area contributed by atoms with E-state index in [1.54, 1.807) is 0 Å². The molecule has 13 heavy (non-hydrogen) atoms. The van der Waals surface area contributed by atoms with Crippen molar-refractivity contribution >= 4 is 5.84 Å². The number of nitrogens with two attached hydrogens (primary N) is 1. The van der Waals surface area contributed by atoms with E-state index in [0.717, 1.165) is 18.9 Å². The molecule has 0 aliphatic rings. The maximum absolute atomic E-state index is 5.68. The van der Waals surface area contributed by atoms with Gasteiger partial charge in [0, 0.05) is 13.0 Å². The third kappa shape index (κ3) is 5.64. The lowest BCUT2D eigenvalue weighted by atomic mass is 10.1. The molecule has 0 aliphatic carbocycles. The molecule has 0 rings (SSSR count). The van der Waals surface area contributed by atoms with Crippen LogP contribution in [0.15, 0.2) is 4.99 Å². The van der Waals surface area contributed by atoms with Gasteiger partial charge in [0.2, 0.25) is 0 Å². The average molecular weight is 186 g/mol. The molecule has 3 nitrogen and oxygen atoms in total. The summed E-state index contributed by atoms with van der Waals surface area (Å²) in [7, 11) is 0. The van der Waals surface area contributed by atoms with Crippen molar-refractivity contribution < 1.29 is 4.74 Å². The molecule has 0 radical (unpaired) electrons.